The molecule has 0 atom stereocenters. The quantitative estimate of drug-likeness (QED) is 0.736. The van der Waals surface area contributed by atoms with Gasteiger partial charge in [0.25, 0.3) is 0 Å². The monoisotopic (exact) mass is 236 g/mol. The Bertz CT molecular complexity index is 437. The first-order valence-electron chi connectivity index (χ1n) is 5.54. The van der Waals surface area contributed by atoms with Crippen molar-refractivity contribution in [2.45, 2.75) is 19.3 Å². The van der Waals surface area contributed by atoms with Crippen molar-refractivity contribution in [1.29, 1.82) is 0 Å². The number of esters is 1. The van der Waals surface area contributed by atoms with E-state index in [1.54, 1.807) is 0 Å². The topological polar surface area (TPSA) is 44.8 Å². The maximum Gasteiger partial charge on any atom is 0.315 e. The van der Waals surface area contributed by atoms with Gasteiger partial charge in [-0.15, -0.1) is 0 Å². The van der Waals surface area contributed by atoms with Gasteiger partial charge in [0, 0.05) is 0 Å². The fourth-order valence-electron chi connectivity index (χ4n) is 1.81. The third-order valence-corrected chi connectivity index (χ3v) is 2.96. The van der Waals surface area contributed by atoms with Crippen LogP contribution < -0.4 is 9.47 Å². The average Bonchev–Trinajstić information content (AvgIpc) is 2.37. The van der Waals surface area contributed by atoms with Gasteiger partial charge in [0.2, 0.25) is 0 Å². The van der Waals surface area contributed by atoms with Crippen LogP contribution in [0.3, 0.4) is 0 Å². The largest absolute Gasteiger partial charge is 0.486 e. The lowest BCUT2D eigenvalue weighted by atomic mass is 9.84. The minimum absolute atomic E-state index is 0.269. The van der Waals surface area contributed by atoms with Crippen LogP contribution in [0.25, 0.3) is 0 Å². The molecule has 0 spiro atoms. The molecule has 4 nitrogen and oxygen atoms in total. The summed E-state index contributed by atoms with van der Waals surface area (Å²) in [6.45, 7) is 4.75. The maximum absolute atomic E-state index is 11.7. The van der Waals surface area contributed by atoms with E-state index in [1.807, 2.05) is 32.0 Å². The lowest BCUT2D eigenvalue weighted by Gasteiger charge is -2.25. The average molecular weight is 236 g/mol. The molecule has 0 aliphatic carbocycles. The summed E-state index contributed by atoms with van der Waals surface area (Å²) in [5.74, 6) is 1.14. The Morgan fingerprint density at radius 3 is 2.53 bits per heavy atom. The molecule has 0 bridgehead atoms. The van der Waals surface area contributed by atoms with Gasteiger partial charge in [-0.25, -0.2) is 0 Å². The summed E-state index contributed by atoms with van der Waals surface area (Å²) in [5, 5.41) is 0. The van der Waals surface area contributed by atoms with Crippen LogP contribution in [0, 0.1) is 0 Å². The Labute approximate surface area is 100 Å². The predicted molar refractivity (Wildman–Crippen MR) is 62.5 cm³/mol. The number of benzene rings is 1. The van der Waals surface area contributed by atoms with Crippen molar-refractivity contribution in [2.75, 3.05) is 20.3 Å². The highest BCUT2D eigenvalue weighted by atomic mass is 16.6. The fraction of sp³-hybridized carbons (Fsp3) is 0.462. The highest BCUT2D eigenvalue weighted by Crippen LogP contribution is 2.35. The predicted octanol–water partition coefficient (Wildman–Crippen LogP) is 1.91. The molecule has 1 aliphatic heterocycles. The lowest BCUT2D eigenvalue weighted by Crippen LogP contribution is -2.30. The minimum Gasteiger partial charge on any atom is -0.486 e. The molecule has 0 saturated carbocycles. The van der Waals surface area contributed by atoms with Gasteiger partial charge < -0.3 is 14.2 Å². The zero-order valence-corrected chi connectivity index (χ0v) is 10.3. The summed E-state index contributed by atoms with van der Waals surface area (Å²) in [4.78, 5) is 11.7. The molecule has 4 heteroatoms. The summed E-state index contributed by atoms with van der Waals surface area (Å²) in [7, 11) is 1.39. The second kappa shape index (κ2) is 4.28. The molecule has 0 aromatic heterocycles. The fourth-order valence-corrected chi connectivity index (χ4v) is 1.81. The normalized spacial score (nSPS) is 14.3. The van der Waals surface area contributed by atoms with Crippen molar-refractivity contribution >= 4 is 5.97 Å². The minimum atomic E-state index is -0.690. The number of fused-ring (bicyclic) bond motifs is 1. The Hall–Kier alpha value is -1.71. The van der Waals surface area contributed by atoms with E-state index in [2.05, 4.69) is 0 Å². The van der Waals surface area contributed by atoms with Crippen molar-refractivity contribution in [1.82, 2.24) is 0 Å². The van der Waals surface area contributed by atoms with Crippen LogP contribution in [0.4, 0.5) is 0 Å². The van der Waals surface area contributed by atoms with Crippen LogP contribution in [-0.2, 0) is 14.9 Å². The first-order chi connectivity index (χ1) is 8.05. The van der Waals surface area contributed by atoms with Crippen LogP contribution in [0.1, 0.15) is 19.4 Å². The highest BCUT2D eigenvalue weighted by Gasteiger charge is 2.32. The number of ether oxygens (including phenoxy) is 3. The number of hydrogen-bond donors (Lipinski definition) is 0. The first kappa shape index (κ1) is 11.8. The summed E-state index contributed by atoms with van der Waals surface area (Å²) < 4.78 is 15.7. The summed E-state index contributed by atoms with van der Waals surface area (Å²) >= 11 is 0. The summed E-state index contributed by atoms with van der Waals surface area (Å²) in [6.07, 6.45) is 0. The zero-order chi connectivity index (χ0) is 12.5. The molecule has 17 heavy (non-hydrogen) atoms. The highest BCUT2D eigenvalue weighted by molar-refractivity contribution is 5.82. The van der Waals surface area contributed by atoms with Crippen LogP contribution in [0.15, 0.2) is 18.2 Å². The van der Waals surface area contributed by atoms with Crippen molar-refractivity contribution in [3.63, 3.8) is 0 Å². The Balaban J connectivity index is 2.36. The third kappa shape index (κ3) is 2.07. The SMILES string of the molecule is COC(=O)C(C)(C)c1ccc2c(c1)OCCO2. The molecule has 0 amide bonds. The molecule has 1 heterocycles. The number of carbonyl (C=O) groups is 1. The van der Waals surface area contributed by atoms with E-state index in [9.17, 15) is 4.79 Å². The van der Waals surface area contributed by atoms with Crippen molar-refractivity contribution in [3.05, 3.63) is 23.8 Å². The van der Waals surface area contributed by atoms with Crippen molar-refractivity contribution < 1.29 is 19.0 Å². The molecule has 0 unspecified atom stereocenters. The van der Waals surface area contributed by atoms with E-state index in [-0.39, 0.29) is 5.97 Å². The first-order valence-corrected chi connectivity index (χ1v) is 5.54. The second-order valence-electron chi connectivity index (χ2n) is 4.48. The van der Waals surface area contributed by atoms with E-state index in [0.29, 0.717) is 19.0 Å². The van der Waals surface area contributed by atoms with Gasteiger partial charge in [-0.1, -0.05) is 6.07 Å². The van der Waals surface area contributed by atoms with Gasteiger partial charge in [0.1, 0.15) is 13.2 Å². The number of hydrogen-bond acceptors (Lipinski definition) is 4. The van der Waals surface area contributed by atoms with Crippen molar-refractivity contribution in [3.8, 4) is 11.5 Å². The van der Waals surface area contributed by atoms with Gasteiger partial charge >= 0.3 is 5.97 Å². The van der Waals surface area contributed by atoms with E-state index >= 15 is 0 Å². The number of rotatable bonds is 2. The van der Waals surface area contributed by atoms with Crippen LogP contribution >= 0.6 is 0 Å². The molecule has 0 fully saturated rings. The maximum atomic E-state index is 11.7. The number of carbonyl (C=O) groups excluding carboxylic acids is 1. The zero-order valence-electron chi connectivity index (χ0n) is 10.3. The van der Waals surface area contributed by atoms with Gasteiger partial charge in [0.05, 0.1) is 12.5 Å². The standard InChI is InChI=1S/C13H16O4/c1-13(2,12(14)15-3)9-4-5-10-11(8-9)17-7-6-16-10/h4-5,8H,6-7H2,1-3H3. The lowest BCUT2D eigenvalue weighted by molar-refractivity contribution is -0.146. The van der Waals surface area contributed by atoms with Gasteiger partial charge in [-0.2, -0.15) is 0 Å². The van der Waals surface area contributed by atoms with Gasteiger partial charge in [-0.3, -0.25) is 4.79 Å². The smallest absolute Gasteiger partial charge is 0.315 e. The van der Waals surface area contributed by atoms with Crippen LogP contribution in [0.2, 0.25) is 0 Å². The van der Waals surface area contributed by atoms with Crippen LogP contribution in [-0.4, -0.2) is 26.3 Å². The molecule has 0 radical (unpaired) electrons. The molecule has 1 aromatic rings. The number of methoxy groups -OCH3 is 1. The summed E-state index contributed by atoms with van der Waals surface area (Å²) in [6, 6.07) is 5.53. The molecular formula is C13H16O4. The molecule has 0 saturated heterocycles. The molecule has 2 rings (SSSR count). The van der Waals surface area contributed by atoms with E-state index < -0.39 is 5.41 Å². The Morgan fingerprint density at radius 2 is 1.88 bits per heavy atom. The third-order valence-electron chi connectivity index (χ3n) is 2.96. The van der Waals surface area contributed by atoms with Crippen molar-refractivity contribution in [2.24, 2.45) is 0 Å². The van der Waals surface area contributed by atoms with E-state index in [4.69, 9.17) is 14.2 Å². The van der Waals surface area contributed by atoms with E-state index in [0.717, 1.165) is 11.3 Å². The Kier molecular flexibility index (Phi) is 2.96. The van der Waals surface area contributed by atoms with E-state index in [1.165, 1.54) is 7.11 Å². The Morgan fingerprint density at radius 1 is 1.24 bits per heavy atom. The van der Waals surface area contributed by atoms with Crippen LogP contribution in [0.5, 0.6) is 11.5 Å². The molecule has 1 aliphatic rings. The molecular weight excluding hydrogens is 220 g/mol. The molecule has 92 valence electrons. The summed E-state index contributed by atoms with van der Waals surface area (Å²) in [5.41, 5.74) is 0.165. The van der Waals surface area contributed by atoms with Gasteiger partial charge in [-0.05, 0) is 31.5 Å². The molecule has 0 N–H and O–H groups in total. The second-order valence-corrected chi connectivity index (χ2v) is 4.48. The van der Waals surface area contributed by atoms with Gasteiger partial charge in [0.15, 0.2) is 11.5 Å². The molecule has 1 aromatic carbocycles.